The molecule has 0 bridgehead atoms. The molecule has 126 valence electrons. The van der Waals surface area contributed by atoms with Crippen LogP contribution in [0.2, 0.25) is 5.02 Å². The summed E-state index contributed by atoms with van der Waals surface area (Å²) in [7, 11) is 0. The zero-order chi connectivity index (χ0) is 17.5. The van der Waals surface area contributed by atoms with Gasteiger partial charge in [0.05, 0.1) is 24.4 Å². The number of aromatic nitrogens is 1. The van der Waals surface area contributed by atoms with Crippen LogP contribution < -0.4 is 10.1 Å². The monoisotopic (exact) mass is 366 g/mol. The van der Waals surface area contributed by atoms with Crippen LogP contribution in [-0.4, -0.2) is 34.3 Å². The summed E-state index contributed by atoms with van der Waals surface area (Å²) in [4.78, 5) is 27.2. The van der Waals surface area contributed by atoms with E-state index >= 15 is 0 Å². The Kier molecular flexibility index (Phi) is 6.45. The number of anilines is 1. The average molecular weight is 367 g/mol. The van der Waals surface area contributed by atoms with Gasteiger partial charge in [0.15, 0.2) is 0 Å². The second kappa shape index (κ2) is 8.56. The molecular weight excluding hydrogens is 352 g/mol. The summed E-state index contributed by atoms with van der Waals surface area (Å²) in [6, 6.07) is 7.99. The Labute approximate surface area is 148 Å². The van der Waals surface area contributed by atoms with Crippen molar-refractivity contribution in [3.63, 3.8) is 0 Å². The molecule has 6 nitrogen and oxygen atoms in total. The number of nitrogens with one attached hydrogen (secondary N) is 1. The fraction of sp³-hybridized carbons (Fsp3) is 0.188. The van der Waals surface area contributed by atoms with Gasteiger partial charge in [0.2, 0.25) is 5.12 Å². The normalized spacial score (nSPS) is 10.2. The number of thioether (sulfide) groups is 1. The molecule has 2 aromatic rings. The Balaban J connectivity index is 2.04. The second-order valence-electron chi connectivity index (χ2n) is 4.56. The number of halogens is 1. The lowest BCUT2D eigenvalue weighted by molar-refractivity contribution is -0.109. The quantitative estimate of drug-likeness (QED) is 0.724. The van der Waals surface area contributed by atoms with Gasteiger partial charge in [0.25, 0.3) is 0 Å². The average Bonchev–Trinajstić information content (AvgIpc) is 2.55. The van der Waals surface area contributed by atoms with Crippen molar-refractivity contribution in [2.24, 2.45) is 0 Å². The third kappa shape index (κ3) is 4.87. The molecule has 2 N–H and O–H groups in total. The number of carbonyl (C=O) groups is 2. The van der Waals surface area contributed by atoms with Gasteiger partial charge in [0, 0.05) is 11.2 Å². The largest absolute Gasteiger partial charge is 0.492 e. The molecule has 0 amide bonds. The third-order valence-corrected chi connectivity index (χ3v) is 4.00. The number of nitrogens with zero attached hydrogens (tertiary/aromatic N) is 1. The van der Waals surface area contributed by atoms with Gasteiger partial charge >= 0.3 is 5.97 Å². The van der Waals surface area contributed by atoms with Gasteiger partial charge < -0.3 is 15.2 Å². The summed E-state index contributed by atoms with van der Waals surface area (Å²) in [6.45, 7) is 2.31. The van der Waals surface area contributed by atoms with E-state index in [4.69, 9.17) is 21.4 Å². The highest BCUT2D eigenvalue weighted by Crippen LogP contribution is 2.28. The van der Waals surface area contributed by atoms with Crippen molar-refractivity contribution in [1.29, 1.82) is 0 Å². The third-order valence-electron chi connectivity index (χ3n) is 2.88. The van der Waals surface area contributed by atoms with Gasteiger partial charge in [0.1, 0.15) is 10.8 Å². The van der Waals surface area contributed by atoms with Crippen molar-refractivity contribution in [2.75, 3.05) is 18.5 Å². The molecule has 0 saturated heterocycles. The highest BCUT2D eigenvalue weighted by atomic mass is 35.5. The van der Waals surface area contributed by atoms with E-state index in [9.17, 15) is 9.59 Å². The highest BCUT2D eigenvalue weighted by Gasteiger charge is 2.15. The molecule has 0 aliphatic carbocycles. The SMILES string of the molecule is CCOc1ccc(Cl)cc1NCC(=O)Sc1ncccc1C(=O)O. The molecule has 1 aromatic carbocycles. The van der Waals surface area contributed by atoms with Gasteiger partial charge in [-0.2, -0.15) is 0 Å². The second-order valence-corrected chi connectivity index (χ2v) is 6.04. The Morgan fingerprint density at radius 1 is 1.38 bits per heavy atom. The number of hydrogen-bond acceptors (Lipinski definition) is 6. The predicted molar refractivity (Wildman–Crippen MR) is 93.2 cm³/mol. The topological polar surface area (TPSA) is 88.5 Å². The Bertz CT molecular complexity index is 755. The number of aromatic carboxylic acids is 1. The van der Waals surface area contributed by atoms with Crippen LogP contribution in [0, 0.1) is 0 Å². The minimum Gasteiger partial charge on any atom is -0.492 e. The molecule has 24 heavy (non-hydrogen) atoms. The smallest absolute Gasteiger partial charge is 0.338 e. The summed E-state index contributed by atoms with van der Waals surface area (Å²) >= 11 is 6.73. The number of rotatable bonds is 7. The van der Waals surface area contributed by atoms with E-state index in [1.54, 1.807) is 18.2 Å². The first-order valence-electron chi connectivity index (χ1n) is 7.06. The fourth-order valence-corrected chi connectivity index (χ4v) is 2.78. The van der Waals surface area contributed by atoms with E-state index in [2.05, 4.69) is 10.3 Å². The Hall–Kier alpha value is -2.25. The highest BCUT2D eigenvalue weighted by molar-refractivity contribution is 8.13. The van der Waals surface area contributed by atoms with Crippen molar-refractivity contribution in [1.82, 2.24) is 4.98 Å². The number of ether oxygens (including phenoxy) is 1. The van der Waals surface area contributed by atoms with Crippen molar-refractivity contribution < 1.29 is 19.4 Å². The summed E-state index contributed by atoms with van der Waals surface area (Å²) in [5, 5.41) is 12.4. The van der Waals surface area contributed by atoms with Crippen LogP contribution in [0.4, 0.5) is 5.69 Å². The van der Waals surface area contributed by atoms with Crippen molar-refractivity contribution in [3.05, 3.63) is 47.1 Å². The van der Waals surface area contributed by atoms with E-state index in [1.165, 1.54) is 18.3 Å². The number of pyridine rings is 1. The molecule has 0 aliphatic rings. The van der Waals surface area contributed by atoms with Crippen LogP contribution in [0.5, 0.6) is 5.75 Å². The maximum Gasteiger partial charge on any atom is 0.338 e. The molecule has 2 rings (SSSR count). The molecule has 0 unspecified atom stereocenters. The van der Waals surface area contributed by atoms with Gasteiger partial charge in [-0.05, 0) is 49.0 Å². The van der Waals surface area contributed by atoms with Crippen molar-refractivity contribution in [2.45, 2.75) is 11.9 Å². The van der Waals surface area contributed by atoms with E-state index < -0.39 is 5.97 Å². The summed E-state index contributed by atoms with van der Waals surface area (Å²) in [5.74, 6) is -0.538. The number of benzene rings is 1. The maximum absolute atomic E-state index is 12.1. The van der Waals surface area contributed by atoms with E-state index in [0.29, 0.717) is 23.1 Å². The number of carboxylic acids is 1. The molecule has 0 atom stereocenters. The lowest BCUT2D eigenvalue weighted by Gasteiger charge is -2.12. The van der Waals surface area contributed by atoms with E-state index in [1.807, 2.05) is 6.92 Å². The number of carboxylic acid groups (broad SMARTS) is 1. The molecular formula is C16H15ClN2O4S. The Morgan fingerprint density at radius 2 is 2.17 bits per heavy atom. The first kappa shape index (κ1) is 18.1. The molecule has 0 radical (unpaired) electrons. The molecule has 0 aliphatic heterocycles. The Morgan fingerprint density at radius 3 is 2.88 bits per heavy atom. The van der Waals surface area contributed by atoms with Crippen LogP contribution in [0.3, 0.4) is 0 Å². The summed E-state index contributed by atoms with van der Waals surface area (Å²) in [6.07, 6.45) is 1.44. The van der Waals surface area contributed by atoms with Crippen molar-refractivity contribution in [3.8, 4) is 5.75 Å². The summed E-state index contributed by atoms with van der Waals surface area (Å²) < 4.78 is 5.46. The standard InChI is InChI=1S/C16H15ClN2O4S/c1-2-23-13-6-5-10(17)8-12(13)19-9-14(20)24-15-11(16(21)22)4-3-7-18-15/h3-8,19H,2,9H2,1H3,(H,21,22). The van der Waals surface area contributed by atoms with Crippen LogP contribution >= 0.6 is 23.4 Å². The fourth-order valence-electron chi connectivity index (χ4n) is 1.87. The van der Waals surface area contributed by atoms with Crippen LogP contribution in [0.1, 0.15) is 17.3 Å². The van der Waals surface area contributed by atoms with Crippen molar-refractivity contribution >= 4 is 40.1 Å². The molecule has 0 saturated carbocycles. The number of hydrogen-bond donors (Lipinski definition) is 2. The minimum absolute atomic E-state index is 0.00592. The summed E-state index contributed by atoms with van der Waals surface area (Å²) in [5.41, 5.74) is 0.589. The lowest BCUT2D eigenvalue weighted by atomic mass is 10.3. The lowest BCUT2D eigenvalue weighted by Crippen LogP contribution is -2.12. The van der Waals surface area contributed by atoms with Crippen LogP contribution in [0.15, 0.2) is 41.6 Å². The molecule has 0 fully saturated rings. The van der Waals surface area contributed by atoms with E-state index in [0.717, 1.165) is 11.8 Å². The van der Waals surface area contributed by atoms with Gasteiger partial charge in [-0.1, -0.05) is 11.6 Å². The zero-order valence-corrected chi connectivity index (χ0v) is 14.4. The predicted octanol–water partition coefficient (Wildman–Crippen LogP) is 3.56. The zero-order valence-electron chi connectivity index (χ0n) is 12.8. The van der Waals surface area contributed by atoms with Crippen LogP contribution in [-0.2, 0) is 4.79 Å². The first-order valence-corrected chi connectivity index (χ1v) is 8.26. The van der Waals surface area contributed by atoms with Gasteiger partial charge in [-0.25, -0.2) is 9.78 Å². The van der Waals surface area contributed by atoms with E-state index in [-0.39, 0.29) is 22.2 Å². The molecule has 8 heteroatoms. The molecule has 0 spiro atoms. The first-order chi connectivity index (χ1) is 11.5. The minimum atomic E-state index is -1.13. The van der Waals surface area contributed by atoms with Gasteiger partial charge in [-0.3, -0.25) is 4.79 Å². The molecule has 1 aromatic heterocycles. The molecule has 1 heterocycles. The maximum atomic E-state index is 12.1. The number of carbonyl (C=O) groups excluding carboxylic acids is 1. The van der Waals surface area contributed by atoms with Crippen LogP contribution in [0.25, 0.3) is 0 Å². The van der Waals surface area contributed by atoms with Gasteiger partial charge in [-0.15, -0.1) is 0 Å².